The fourth-order valence-corrected chi connectivity index (χ4v) is 3.24. The fraction of sp³-hybridized carbons (Fsp3) is 0.353. The van der Waals surface area contributed by atoms with Crippen LogP contribution in [0.15, 0.2) is 29.1 Å². The van der Waals surface area contributed by atoms with Crippen LogP contribution in [-0.4, -0.2) is 38.1 Å². The molecule has 0 spiro atoms. The molecule has 3 heterocycles. The molecule has 0 atom stereocenters. The highest BCUT2D eigenvalue weighted by Gasteiger charge is 2.19. The van der Waals surface area contributed by atoms with Crippen molar-refractivity contribution >= 4 is 11.3 Å². The van der Waals surface area contributed by atoms with E-state index in [4.69, 9.17) is 0 Å². The maximum absolute atomic E-state index is 11.6. The molecule has 1 aliphatic rings. The summed E-state index contributed by atoms with van der Waals surface area (Å²) in [6, 6.07) is 6.91. The van der Waals surface area contributed by atoms with Crippen molar-refractivity contribution in [3.63, 3.8) is 0 Å². The Morgan fingerprint density at radius 2 is 1.71 bits per heavy atom. The summed E-state index contributed by atoms with van der Waals surface area (Å²) in [4.78, 5) is 26.2. The van der Waals surface area contributed by atoms with Crippen molar-refractivity contribution in [3.05, 3.63) is 40.4 Å². The van der Waals surface area contributed by atoms with Gasteiger partial charge in [0, 0.05) is 5.56 Å². The Balaban J connectivity index is 1.80. The molecule has 1 aromatic carbocycles. The summed E-state index contributed by atoms with van der Waals surface area (Å²) in [5, 5.41) is 12.9. The van der Waals surface area contributed by atoms with Gasteiger partial charge in [0.1, 0.15) is 5.75 Å². The Morgan fingerprint density at radius 3 is 2.42 bits per heavy atom. The Morgan fingerprint density at radius 1 is 1.04 bits per heavy atom. The van der Waals surface area contributed by atoms with E-state index >= 15 is 0 Å². The van der Waals surface area contributed by atoms with Crippen LogP contribution in [0.2, 0.25) is 0 Å². The average molecular weight is 325 g/mol. The Bertz CT molecular complexity index is 907. The van der Waals surface area contributed by atoms with Crippen molar-refractivity contribution in [3.8, 4) is 17.0 Å². The van der Waals surface area contributed by atoms with Crippen LogP contribution in [0.5, 0.6) is 5.75 Å². The summed E-state index contributed by atoms with van der Waals surface area (Å²) in [5.74, 6) is 0.766. The van der Waals surface area contributed by atoms with E-state index in [1.54, 1.807) is 12.1 Å². The zero-order chi connectivity index (χ0) is 16.5. The van der Waals surface area contributed by atoms with Gasteiger partial charge in [0.05, 0.1) is 11.4 Å². The molecule has 3 aromatic rings. The molecule has 0 unspecified atom stereocenters. The third-order valence-electron chi connectivity index (χ3n) is 4.51. The molecule has 0 saturated carbocycles. The van der Waals surface area contributed by atoms with Gasteiger partial charge in [0.2, 0.25) is 0 Å². The second-order valence-corrected chi connectivity index (χ2v) is 6.24. The number of fused-ring (bicyclic) bond motifs is 1. The van der Waals surface area contributed by atoms with Crippen LogP contribution in [0.4, 0.5) is 0 Å². The highest BCUT2D eigenvalue weighted by atomic mass is 16.3. The third-order valence-corrected chi connectivity index (χ3v) is 4.51. The number of imidazole rings is 1. The van der Waals surface area contributed by atoms with Crippen LogP contribution in [0.1, 0.15) is 18.5 Å². The number of rotatable bonds is 3. The molecule has 4 N–H and O–H groups in total. The molecule has 7 heteroatoms. The lowest BCUT2D eigenvalue weighted by molar-refractivity contribution is 0.370. The third kappa shape index (κ3) is 2.90. The molecule has 7 nitrogen and oxygen atoms in total. The lowest BCUT2D eigenvalue weighted by Gasteiger charge is -2.22. The van der Waals surface area contributed by atoms with Gasteiger partial charge in [-0.3, -0.25) is 9.97 Å². The molecule has 124 valence electrons. The number of phenols is 1. The summed E-state index contributed by atoms with van der Waals surface area (Å²) in [6.07, 6.45) is 3.05. The second-order valence-electron chi connectivity index (χ2n) is 6.24. The lowest BCUT2D eigenvalue weighted by Crippen LogP contribution is -2.29. The predicted octanol–water partition coefficient (Wildman–Crippen LogP) is 1.56. The number of aromatic hydroxyl groups is 1. The molecule has 0 radical (unpaired) electrons. The normalized spacial score (nSPS) is 15.8. The van der Waals surface area contributed by atoms with Crippen molar-refractivity contribution in [2.24, 2.45) is 5.92 Å². The summed E-state index contributed by atoms with van der Waals surface area (Å²) >= 11 is 0. The highest BCUT2D eigenvalue weighted by Crippen LogP contribution is 2.27. The van der Waals surface area contributed by atoms with Gasteiger partial charge < -0.3 is 10.4 Å². The van der Waals surface area contributed by atoms with E-state index in [0.29, 0.717) is 17.2 Å². The molecule has 0 aliphatic carbocycles. The minimum absolute atomic E-state index is 0.211. The number of aromatic nitrogens is 4. The molecule has 2 aromatic heterocycles. The van der Waals surface area contributed by atoms with Crippen LogP contribution in [0, 0.1) is 5.92 Å². The van der Waals surface area contributed by atoms with Crippen molar-refractivity contribution < 1.29 is 5.11 Å². The molecule has 1 fully saturated rings. The van der Waals surface area contributed by atoms with E-state index < -0.39 is 0 Å². The quantitative estimate of drug-likeness (QED) is 0.585. The summed E-state index contributed by atoms with van der Waals surface area (Å²) < 4.78 is 0. The van der Waals surface area contributed by atoms with E-state index in [-0.39, 0.29) is 11.4 Å². The zero-order valence-corrected chi connectivity index (χ0v) is 13.2. The lowest BCUT2D eigenvalue weighted by atomic mass is 9.91. The van der Waals surface area contributed by atoms with Gasteiger partial charge in [0.15, 0.2) is 11.3 Å². The number of hydrogen-bond donors (Lipinski definition) is 4. The molecule has 1 saturated heterocycles. The zero-order valence-electron chi connectivity index (χ0n) is 13.2. The Labute approximate surface area is 138 Å². The molecule has 1 aliphatic heterocycles. The first kappa shape index (κ1) is 14.9. The van der Waals surface area contributed by atoms with Crippen LogP contribution in [0.25, 0.3) is 22.6 Å². The Hall–Kier alpha value is -2.67. The van der Waals surface area contributed by atoms with Crippen LogP contribution >= 0.6 is 0 Å². The molecular formula is C17H19N5O2. The van der Waals surface area contributed by atoms with E-state index in [0.717, 1.165) is 49.3 Å². The standard InChI is InChI=1S/C17H19N5O2/c23-12-3-1-11(2-4-12)14-13(9-10-5-7-18-8-6-10)19-15-16(20-14)22-17(24)21-15/h1-4,10,18,23H,5-9H2,(H2,19,20,21,22,24). The van der Waals surface area contributed by atoms with Crippen molar-refractivity contribution in [1.82, 2.24) is 25.3 Å². The SMILES string of the molecule is O=c1[nH]c2nc(CC3CCNCC3)c(-c3ccc(O)cc3)nc2[nH]1. The minimum Gasteiger partial charge on any atom is -0.508 e. The monoisotopic (exact) mass is 325 g/mol. The summed E-state index contributed by atoms with van der Waals surface area (Å²) in [6.45, 7) is 2.05. The van der Waals surface area contributed by atoms with Crippen molar-refractivity contribution in [2.75, 3.05) is 13.1 Å². The van der Waals surface area contributed by atoms with Gasteiger partial charge in [-0.05, 0) is 62.5 Å². The minimum atomic E-state index is -0.305. The molecule has 24 heavy (non-hydrogen) atoms. The van der Waals surface area contributed by atoms with Crippen LogP contribution in [-0.2, 0) is 6.42 Å². The highest BCUT2D eigenvalue weighted by molar-refractivity contribution is 5.72. The topological polar surface area (TPSA) is 107 Å². The number of phenolic OH excluding ortho intramolecular Hbond substituents is 1. The molecular weight excluding hydrogens is 306 g/mol. The maximum Gasteiger partial charge on any atom is 0.326 e. The number of H-pyrrole nitrogens is 2. The van der Waals surface area contributed by atoms with Gasteiger partial charge in [-0.15, -0.1) is 0 Å². The first-order chi connectivity index (χ1) is 11.7. The smallest absolute Gasteiger partial charge is 0.326 e. The second kappa shape index (κ2) is 6.09. The van der Waals surface area contributed by atoms with Crippen LogP contribution < -0.4 is 11.0 Å². The largest absolute Gasteiger partial charge is 0.508 e. The maximum atomic E-state index is 11.6. The number of hydrogen-bond acceptors (Lipinski definition) is 5. The molecule has 0 amide bonds. The van der Waals surface area contributed by atoms with Gasteiger partial charge in [-0.25, -0.2) is 14.8 Å². The Kier molecular flexibility index (Phi) is 3.78. The first-order valence-corrected chi connectivity index (χ1v) is 8.18. The number of nitrogens with one attached hydrogen (secondary N) is 3. The number of aromatic amines is 2. The predicted molar refractivity (Wildman–Crippen MR) is 90.9 cm³/mol. The van der Waals surface area contributed by atoms with Gasteiger partial charge >= 0.3 is 5.69 Å². The molecule has 0 bridgehead atoms. The van der Waals surface area contributed by atoms with Gasteiger partial charge in [-0.1, -0.05) is 0 Å². The van der Waals surface area contributed by atoms with Gasteiger partial charge in [-0.2, -0.15) is 0 Å². The van der Waals surface area contributed by atoms with Gasteiger partial charge in [0.25, 0.3) is 0 Å². The first-order valence-electron chi connectivity index (χ1n) is 8.18. The van der Waals surface area contributed by atoms with E-state index in [2.05, 4.69) is 25.3 Å². The molecule has 4 rings (SSSR count). The summed E-state index contributed by atoms with van der Waals surface area (Å²) in [5.41, 5.74) is 3.17. The van der Waals surface area contributed by atoms with Crippen molar-refractivity contribution in [1.29, 1.82) is 0 Å². The summed E-state index contributed by atoms with van der Waals surface area (Å²) in [7, 11) is 0. The number of benzene rings is 1. The van der Waals surface area contributed by atoms with E-state index in [1.807, 2.05) is 12.1 Å². The number of piperidine rings is 1. The average Bonchev–Trinajstić information content (AvgIpc) is 2.95. The number of nitrogens with zero attached hydrogens (tertiary/aromatic N) is 2. The fourth-order valence-electron chi connectivity index (χ4n) is 3.24. The van der Waals surface area contributed by atoms with E-state index in [1.165, 1.54) is 0 Å². The van der Waals surface area contributed by atoms with E-state index in [9.17, 15) is 9.90 Å². The van der Waals surface area contributed by atoms with Crippen molar-refractivity contribution in [2.45, 2.75) is 19.3 Å². The van der Waals surface area contributed by atoms with Crippen LogP contribution in [0.3, 0.4) is 0 Å².